The Bertz CT molecular complexity index is 244. The highest BCUT2D eigenvalue weighted by Crippen LogP contribution is 2.22. The fraction of sp³-hybridized carbons (Fsp3) is 0.625. The zero-order chi connectivity index (χ0) is 9.14. The second-order valence-electron chi connectivity index (χ2n) is 2.96. The first-order valence-electron chi connectivity index (χ1n) is 4.03. The normalized spacial score (nSPS) is 13.0. The molecule has 0 amide bonds. The Balaban J connectivity index is 2.77. The van der Waals surface area contributed by atoms with Gasteiger partial charge in [-0.05, 0) is 6.42 Å². The Kier molecular flexibility index (Phi) is 3.05. The molecular weight excluding hydrogens is 170 g/mol. The lowest BCUT2D eigenvalue weighted by molar-refractivity contribution is 0.680. The second-order valence-corrected chi connectivity index (χ2v) is 3.80. The van der Waals surface area contributed by atoms with Crippen molar-refractivity contribution in [3.8, 4) is 0 Å². The molecule has 12 heavy (non-hydrogen) atoms. The number of aromatic nitrogens is 1. The molecule has 2 N–H and O–H groups in total. The third-order valence-corrected chi connectivity index (χ3v) is 2.74. The van der Waals surface area contributed by atoms with E-state index < -0.39 is 0 Å². The van der Waals surface area contributed by atoms with Crippen molar-refractivity contribution < 1.29 is 0 Å². The molecule has 3 nitrogen and oxygen atoms in total. The largest absolute Gasteiger partial charge is 0.354 e. The van der Waals surface area contributed by atoms with E-state index in [0.717, 1.165) is 17.2 Å². The van der Waals surface area contributed by atoms with Crippen LogP contribution in [-0.4, -0.2) is 19.1 Å². The van der Waals surface area contributed by atoms with Gasteiger partial charge in [-0.1, -0.05) is 6.92 Å². The Labute approximate surface area is 77.2 Å². The van der Waals surface area contributed by atoms with E-state index in [1.54, 1.807) is 11.3 Å². The summed E-state index contributed by atoms with van der Waals surface area (Å²) in [6.07, 6.45) is 0.941. The van der Waals surface area contributed by atoms with Gasteiger partial charge in [0, 0.05) is 25.5 Å². The van der Waals surface area contributed by atoms with Gasteiger partial charge < -0.3 is 10.6 Å². The van der Waals surface area contributed by atoms with Crippen LogP contribution in [0.5, 0.6) is 0 Å². The zero-order valence-corrected chi connectivity index (χ0v) is 8.56. The molecule has 4 heteroatoms. The molecule has 1 aromatic rings. The van der Waals surface area contributed by atoms with E-state index in [1.807, 2.05) is 24.4 Å². The summed E-state index contributed by atoms with van der Waals surface area (Å²) in [7, 11) is 3.97. The predicted molar refractivity (Wildman–Crippen MR) is 53.7 cm³/mol. The van der Waals surface area contributed by atoms with Gasteiger partial charge in [0.1, 0.15) is 0 Å². The van der Waals surface area contributed by atoms with Gasteiger partial charge in [0.15, 0.2) is 5.13 Å². The lowest BCUT2D eigenvalue weighted by atomic mass is 10.2. The van der Waals surface area contributed by atoms with Crippen molar-refractivity contribution >= 4 is 16.5 Å². The van der Waals surface area contributed by atoms with Crippen molar-refractivity contribution in [2.45, 2.75) is 19.4 Å². The van der Waals surface area contributed by atoms with Crippen molar-refractivity contribution in [2.75, 3.05) is 19.0 Å². The minimum absolute atomic E-state index is 0.0925. The molecule has 0 spiro atoms. The number of hydrogen-bond acceptors (Lipinski definition) is 4. The van der Waals surface area contributed by atoms with E-state index in [-0.39, 0.29) is 6.04 Å². The first-order chi connectivity index (χ1) is 5.65. The Morgan fingerprint density at radius 2 is 2.33 bits per heavy atom. The van der Waals surface area contributed by atoms with E-state index in [4.69, 9.17) is 5.73 Å². The SMILES string of the molecule is CCC(N)c1csc(N(C)C)n1. The van der Waals surface area contributed by atoms with Crippen LogP contribution in [-0.2, 0) is 0 Å². The maximum absolute atomic E-state index is 5.83. The summed E-state index contributed by atoms with van der Waals surface area (Å²) in [6.45, 7) is 2.07. The third-order valence-electron chi connectivity index (χ3n) is 1.71. The molecule has 0 saturated heterocycles. The molecule has 0 aliphatic heterocycles. The number of nitrogens with zero attached hydrogens (tertiary/aromatic N) is 2. The standard InChI is InChI=1S/C8H15N3S/c1-4-6(9)7-5-12-8(10-7)11(2)3/h5-6H,4,9H2,1-3H3. The van der Waals surface area contributed by atoms with Crippen LogP contribution in [0, 0.1) is 0 Å². The molecule has 0 saturated carbocycles. The molecule has 0 bridgehead atoms. The van der Waals surface area contributed by atoms with Gasteiger partial charge in [-0.2, -0.15) is 0 Å². The molecule has 0 aliphatic carbocycles. The van der Waals surface area contributed by atoms with Crippen LogP contribution in [0.25, 0.3) is 0 Å². The number of hydrogen-bond donors (Lipinski definition) is 1. The first kappa shape index (κ1) is 9.48. The number of nitrogens with two attached hydrogens (primary N) is 1. The average molecular weight is 185 g/mol. The molecule has 0 fully saturated rings. The van der Waals surface area contributed by atoms with Crippen LogP contribution < -0.4 is 10.6 Å². The maximum atomic E-state index is 5.83. The highest BCUT2D eigenvalue weighted by Gasteiger charge is 2.08. The molecule has 0 aliphatic rings. The minimum atomic E-state index is 0.0925. The van der Waals surface area contributed by atoms with Crippen LogP contribution in [0.15, 0.2) is 5.38 Å². The van der Waals surface area contributed by atoms with E-state index in [1.165, 1.54) is 0 Å². The highest BCUT2D eigenvalue weighted by molar-refractivity contribution is 7.13. The van der Waals surface area contributed by atoms with Gasteiger partial charge in [-0.25, -0.2) is 4.98 Å². The van der Waals surface area contributed by atoms with Crippen molar-refractivity contribution in [3.63, 3.8) is 0 Å². The molecule has 1 heterocycles. The first-order valence-corrected chi connectivity index (χ1v) is 4.91. The van der Waals surface area contributed by atoms with Gasteiger partial charge in [0.2, 0.25) is 0 Å². The van der Waals surface area contributed by atoms with Crippen molar-refractivity contribution in [3.05, 3.63) is 11.1 Å². The van der Waals surface area contributed by atoms with Crippen molar-refractivity contribution in [1.82, 2.24) is 4.98 Å². The fourth-order valence-corrected chi connectivity index (χ4v) is 1.68. The average Bonchev–Trinajstić information content (AvgIpc) is 2.51. The van der Waals surface area contributed by atoms with Crippen LogP contribution in [0.2, 0.25) is 0 Å². The predicted octanol–water partition coefficient (Wildman–Crippen LogP) is 1.62. The molecule has 68 valence electrons. The summed E-state index contributed by atoms with van der Waals surface area (Å²) in [5, 5.41) is 3.05. The summed E-state index contributed by atoms with van der Waals surface area (Å²) < 4.78 is 0. The molecule has 1 atom stereocenters. The van der Waals surface area contributed by atoms with E-state index in [2.05, 4.69) is 11.9 Å². The second kappa shape index (κ2) is 3.87. The summed E-state index contributed by atoms with van der Waals surface area (Å²) in [5.74, 6) is 0. The molecule has 1 rings (SSSR count). The topological polar surface area (TPSA) is 42.1 Å². The van der Waals surface area contributed by atoms with Crippen LogP contribution >= 0.6 is 11.3 Å². The lowest BCUT2D eigenvalue weighted by Crippen LogP contribution is -2.11. The Hall–Kier alpha value is -0.610. The van der Waals surface area contributed by atoms with Gasteiger partial charge in [-0.3, -0.25) is 0 Å². The zero-order valence-electron chi connectivity index (χ0n) is 7.74. The van der Waals surface area contributed by atoms with Gasteiger partial charge in [0.25, 0.3) is 0 Å². The number of rotatable bonds is 3. The Morgan fingerprint density at radius 3 is 2.75 bits per heavy atom. The monoisotopic (exact) mass is 185 g/mol. The van der Waals surface area contributed by atoms with Gasteiger partial charge in [-0.15, -0.1) is 11.3 Å². The molecule has 1 unspecified atom stereocenters. The summed E-state index contributed by atoms with van der Waals surface area (Å²) >= 11 is 1.64. The van der Waals surface area contributed by atoms with E-state index in [0.29, 0.717) is 0 Å². The van der Waals surface area contributed by atoms with Gasteiger partial charge in [0.05, 0.1) is 5.69 Å². The van der Waals surface area contributed by atoms with Crippen LogP contribution in [0.3, 0.4) is 0 Å². The minimum Gasteiger partial charge on any atom is -0.354 e. The molecular formula is C8H15N3S. The van der Waals surface area contributed by atoms with E-state index in [9.17, 15) is 0 Å². The maximum Gasteiger partial charge on any atom is 0.185 e. The van der Waals surface area contributed by atoms with Crippen LogP contribution in [0.4, 0.5) is 5.13 Å². The van der Waals surface area contributed by atoms with Crippen molar-refractivity contribution in [1.29, 1.82) is 0 Å². The molecule has 0 radical (unpaired) electrons. The van der Waals surface area contributed by atoms with Crippen molar-refractivity contribution in [2.24, 2.45) is 5.73 Å². The fourth-order valence-electron chi connectivity index (χ4n) is 0.861. The quantitative estimate of drug-likeness (QED) is 0.778. The van der Waals surface area contributed by atoms with E-state index >= 15 is 0 Å². The summed E-state index contributed by atoms with van der Waals surface area (Å²) in [5.41, 5.74) is 6.84. The third kappa shape index (κ3) is 1.95. The smallest absolute Gasteiger partial charge is 0.185 e. The summed E-state index contributed by atoms with van der Waals surface area (Å²) in [6, 6.07) is 0.0925. The number of anilines is 1. The molecule has 0 aromatic carbocycles. The summed E-state index contributed by atoms with van der Waals surface area (Å²) in [4.78, 5) is 6.40. The van der Waals surface area contributed by atoms with Crippen LogP contribution in [0.1, 0.15) is 25.1 Å². The molecule has 1 aromatic heterocycles. The Morgan fingerprint density at radius 1 is 1.67 bits per heavy atom. The highest BCUT2D eigenvalue weighted by atomic mass is 32.1. The lowest BCUT2D eigenvalue weighted by Gasteiger charge is -2.07. The van der Waals surface area contributed by atoms with Gasteiger partial charge >= 0.3 is 0 Å². The number of thiazole rings is 1.